The molecule has 1 saturated heterocycles. The van der Waals surface area contributed by atoms with Crippen molar-refractivity contribution in [2.24, 2.45) is 5.92 Å². The van der Waals surface area contributed by atoms with Crippen LogP contribution in [0, 0.1) is 5.92 Å². The van der Waals surface area contributed by atoms with Gasteiger partial charge in [-0.15, -0.1) is 0 Å². The van der Waals surface area contributed by atoms with E-state index in [-0.39, 0.29) is 19.1 Å². The first-order valence-corrected chi connectivity index (χ1v) is 10.4. The van der Waals surface area contributed by atoms with Crippen molar-refractivity contribution in [2.45, 2.75) is 51.2 Å². The molecule has 2 aromatic rings. The summed E-state index contributed by atoms with van der Waals surface area (Å²) in [4.78, 5) is 38.5. The molecule has 2 aliphatic rings. The summed E-state index contributed by atoms with van der Waals surface area (Å²) in [6.07, 6.45) is 5.92. The molecule has 3 amide bonds. The predicted molar refractivity (Wildman–Crippen MR) is 109 cm³/mol. The zero-order valence-corrected chi connectivity index (χ0v) is 17.0. The highest BCUT2D eigenvalue weighted by molar-refractivity contribution is 6.08. The number of benzene rings is 1. The van der Waals surface area contributed by atoms with Crippen LogP contribution < -0.4 is 5.32 Å². The number of rotatable bonds is 6. The lowest BCUT2D eigenvalue weighted by molar-refractivity contribution is -0.149. The fraction of sp³-hybridized carbons (Fsp3) is 0.455. The van der Waals surface area contributed by atoms with Gasteiger partial charge in [-0.05, 0) is 49.8 Å². The summed E-state index contributed by atoms with van der Waals surface area (Å²) >= 11 is 0. The third-order valence-electron chi connectivity index (χ3n) is 6.12. The first-order valence-electron chi connectivity index (χ1n) is 10.4. The molecule has 1 aromatic heterocycles. The summed E-state index contributed by atoms with van der Waals surface area (Å²) in [7, 11) is 0. The topological polar surface area (TPSA) is 93.5 Å². The van der Waals surface area contributed by atoms with E-state index < -0.39 is 17.5 Å². The molecule has 1 spiro atoms. The number of hydrogen-bond donors (Lipinski definition) is 1. The van der Waals surface area contributed by atoms with Crippen LogP contribution in [-0.2, 0) is 20.9 Å². The van der Waals surface area contributed by atoms with Crippen LogP contribution in [0.25, 0.3) is 5.69 Å². The number of para-hydroxylation sites is 1. The summed E-state index contributed by atoms with van der Waals surface area (Å²) < 4.78 is 6.95. The Bertz CT molecular complexity index is 932. The minimum Gasteiger partial charge on any atom is -0.458 e. The number of esters is 1. The number of nitrogens with one attached hydrogen (secondary N) is 1. The number of nitrogens with zero attached hydrogens (tertiary/aromatic N) is 3. The average molecular weight is 410 g/mol. The van der Waals surface area contributed by atoms with Crippen LogP contribution in [0.15, 0.2) is 42.6 Å². The SMILES string of the molecule is CCC1CCC2(CC1)NC(=O)N(CC(=O)OCc1ccn(-c3ccccc3)n1)C2=O. The van der Waals surface area contributed by atoms with Gasteiger partial charge in [0.25, 0.3) is 5.91 Å². The van der Waals surface area contributed by atoms with E-state index in [2.05, 4.69) is 17.3 Å². The number of carbonyl (C=O) groups is 3. The molecule has 8 heteroatoms. The second-order valence-electron chi connectivity index (χ2n) is 8.00. The molecular formula is C22H26N4O4. The number of aromatic nitrogens is 2. The van der Waals surface area contributed by atoms with Gasteiger partial charge in [-0.25, -0.2) is 9.48 Å². The van der Waals surface area contributed by atoms with E-state index in [0.717, 1.165) is 29.8 Å². The Labute approximate surface area is 175 Å². The molecule has 0 radical (unpaired) electrons. The highest BCUT2D eigenvalue weighted by Gasteiger charge is 2.52. The van der Waals surface area contributed by atoms with Crippen molar-refractivity contribution < 1.29 is 19.1 Å². The van der Waals surface area contributed by atoms with Gasteiger partial charge in [0.15, 0.2) is 0 Å². The van der Waals surface area contributed by atoms with Gasteiger partial charge in [0.1, 0.15) is 24.4 Å². The van der Waals surface area contributed by atoms with E-state index in [4.69, 9.17) is 4.74 Å². The van der Waals surface area contributed by atoms with Crippen LogP contribution in [0.2, 0.25) is 0 Å². The Morgan fingerprint density at radius 2 is 1.93 bits per heavy atom. The zero-order chi connectivity index (χ0) is 21.1. The van der Waals surface area contributed by atoms with Crippen molar-refractivity contribution in [3.8, 4) is 5.69 Å². The lowest BCUT2D eigenvalue weighted by Gasteiger charge is -2.34. The van der Waals surface area contributed by atoms with Gasteiger partial charge in [0, 0.05) is 6.20 Å². The van der Waals surface area contributed by atoms with Gasteiger partial charge in [-0.2, -0.15) is 5.10 Å². The van der Waals surface area contributed by atoms with E-state index in [9.17, 15) is 14.4 Å². The van der Waals surface area contributed by atoms with Gasteiger partial charge in [-0.1, -0.05) is 31.5 Å². The summed E-state index contributed by atoms with van der Waals surface area (Å²) in [6.45, 7) is 1.73. The Hall–Kier alpha value is -3.16. The quantitative estimate of drug-likeness (QED) is 0.584. The number of hydrogen-bond acceptors (Lipinski definition) is 5. The van der Waals surface area contributed by atoms with Gasteiger partial charge in [0.2, 0.25) is 0 Å². The molecule has 0 unspecified atom stereocenters. The highest BCUT2D eigenvalue weighted by atomic mass is 16.5. The number of imide groups is 1. The van der Waals surface area contributed by atoms with Crippen molar-refractivity contribution in [2.75, 3.05) is 6.54 Å². The fourth-order valence-corrected chi connectivity index (χ4v) is 4.23. The van der Waals surface area contributed by atoms with Crippen LogP contribution >= 0.6 is 0 Å². The summed E-state index contributed by atoms with van der Waals surface area (Å²) in [5.41, 5.74) is 0.633. The molecule has 1 aromatic carbocycles. The minimum atomic E-state index is -0.850. The molecule has 1 aliphatic carbocycles. The summed E-state index contributed by atoms with van der Waals surface area (Å²) in [5, 5.41) is 7.21. The molecule has 4 rings (SSSR count). The Morgan fingerprint density at radius 1 is 1.20 bits per heavy atom. The lowest BCUT2D eigenvalue weighted by atomic mass is 9.75. The van der Waals surface area contributed by atoms with Crippen LogP contribution in [0.1, 0.15) is 44.7 Å². The molecular weight excluding hydrogens is 384 g/mol. The maximum atomic E-state index is 12.9. The molecule has 1 saturated carbocycles. The van der Waals surface area contributed by atoms with Crippen molar-refractivity contribution in [1.29, 1.82) is 0 Å². The summed E-state index contributed by atoms with van der Waals surface area (Å²) in [6, 6.07) is 10.8. The maximum Gasteiger partial charge on any atom is 0.326 e. The largest absolute Gasteiger partial charge is 0.458 e. The second-order valence-corrected chi connectivity index (χ2v) is 8.00. The third kappa shape index (κ3) is 3.94. The van der Waals surface area contributed by atoms with E-state index in [1.807, 2.05) is 30.3 Å². The van der Waals surface area contributed by atoms with Crippen molar-refractivity contribution >= 4 is 17.9 Å². The van der Waals surface area contributed by atoms with Crippen LogP contribution in [0.3, 0.4) is 0 Å². The smallest absolute Gasteiger partial charge is 0.326 e. The maximum absolute atomic E-state index is 12.9. The Morgan fingerprint density at radius 3 is 2.63 bits per heavy atom. The Kier molecular flexibility index (Phi) is 5.57. The van der Waals surface area contributed by atoms with Crippen LogP contribution in [0.4, 0.5) is 4.79 Å². The van der Waals surface area contributed by atoms with Gasteiger partial charge < -0.3 is 10.1 Å². The minimum absolute atomic E-state index is 0.0222. The van der Waals surface area contributed by atoms with Crippen molar-refractivity contribution in [3.63, 3.8) is 0 Å². The number of carbonyl (C=O) groups excluding carboxylic acids is 3. The molecule has 8 nitrogen and oxygen atoms in total. The molecule has 2 fully saturated rings. The van der Waals surface area contributed by atoms with Gasteiger partial charge in [0.05, 0.1) is 5.69 Å². The summed E-state index contributed by atoms with van der Waals surface area (Å²) in [5.74, 6) is -0.352. The van der Waals surface area contributed by atoms with Crippen LogP contribution in [0.5, 0.6) is 0 Å². The second kappa shape index (κ2) is 8.30. The van der Waals surface area contributed by atoms with E-state index in [1.54, 1.807) is 16.9 Å². The first kappa shape index (κ1) is 20.1. The normalized spacial score (nSPS) is 23.6. The predicted octanol–water partition coefficient (Wildman–Crippen LogP) is 2.81. The molecule has 1 N–H and O–H groups in total. The zero-order valence-electron chi connectivity index (χ0n) is 17.0. The van der Waals surface area contributed by atoms with Gasteiger partial charge >= 0.3 is 12.0 Å². The number of amides is 3. The molecule has 158 valence electrons. The van der Waals surface area contributed by atoms with Crippen molar-refractivity contribution in [3.05, 3.63) is 48.3 Å². The molecule has 0 atom stereocenters. The van der Waals surface area contributed by atoms with Gasteiger partial charge in [-0.3, -0.25) is 14.5 Å². The fourth-order valence-electron chi connectivity index (χ4n) is 4.23. The molecule has 1 aliphatic heterocycles. The Balaban J connectivity index is 1.32. The van der Waals surface area contributed by atoms with E-state index >= 15 is 0 Å². The monoisotopic (exact) mass is 410 g/mol. The number of ether oxygens (including phenoxy) is 1. The lowest BCUT2D eigenvalue weighted by Crippen LogP contribution is -2.49. The van der Waals surface area contributed by atoms with Crippen molar-refractivity contribution in [1.82, 2.24) is 20.0 Å². The van der Waals surface area contributed by atoms with E-state index in [1.165, 1.54) is 0 Å². The van der Waals surface area contributed by atoms with E-state index in [0.29, 0.717) is 24.5 Å². The highest BCUT2D eigenvalue weighted by Crippen LogP contribution is 2.37. The average Bonchev–Trinajstić information content (AvgIpc) is 3.33. The standard InChI is InChI=1S/C22H26N4O4/c1-2-16-8-11-22(12-9-16)20(28)25(21(29)23-22)14-19(27)30-15-17-10-13-26(24-17)18-6-4-3-5-7-18/h3-7,10,13,16H,2,8-9,11-12,14-15H2,1H3,(H,23,29). The molecule has 0 bridgehead atoms. The third-order valence-corrected chi connectivity index (χ3v) is 6.12. The molecule has 30 heavy (non-hydrogen) atoms. The number of urea groups is 1. The van der Waals surface area contributed by atoms with Crippen LogP contribution in [-0.4, -0.2) is 44.7 Å². The first-order chi connectivity index (χ1) is 14.5. The molecule has 2 heterocycles.